The topological polar surface area (TPSA) is 56.7 Å². The van der Waals surface area contributed by atoms with Crippen LogP contribution >= 0.6 is 35.6 Å². The quantitative estimate of drug-likeness (QED) is 0.357. The van der Waals surface area contributed by atoms with Gasteiger partial charge in [0.1, 0.15) is 0 Å². The van der Waals surface area contributed by atoms with Gasteiger partial charge in [-0.1, -0.05) is 23.7 Å². The molecule has 2 N–H and O–H groups in total. The van der Waals surface area contributed by atoms with E-state index >= 15 is 0 Å². The van der Waals surface area contributed by atoms with Crippen molar-refractivity contribution in [3.8, 4) is 0 Å². The first-order valence-electron chi connectivity index (χ1n) is 8.32. The Kier molecular flexibility index (Phi) is 11.1. The Morgan fingerprint density at radius 1 is 1.24 bits per heavy atom. The van der Waals surface area contributed by atoms with Crippen LogP contribution in [-0.2, 0) is 11.3 Å². The second-order valence-corrected chi connectivity index (χ2v) is 6.84. The van der Waals surface area contributed by atoms with E-state index in [2.05, 4.69) is 15.6 Å². The summed E-state index contributed by atoms with van der Waals surface area (Å²) in [5, 5.41) is 6.85. The Morgan fingerprint density at radius 3 is 2.44 bits per heavy atom. The van der Waals surface area contributed by atoms with Gasteiger partial charge in [0.05, 0.1) is 12.0 Å². The first-order chi connectivity index (χ1) is 11.3. The van der Waals surface area contributed by atoms with E-state index in [9.17, 15) is 4.79 Å². The zero-order valence-electron chi connectivity index (χ0n) is 15.7. The monoisotopic (exact) mass is 480 g/mol. The summed E-state index contributed by atoms with van der Waals surface area (Å²) in [6, 6.07) is 7.78. The molecule has 0 saturated carbocycles. The summed E-state index contributed by atoms with van der Waals surface area (Å²) >= 11 is 6.05. The number of hydrogen-bond acceptors (Lipinski definition) is 2. The molecule has 5 nitrogen and oxygen atoms in total. The number of carbonyl (C=O) groups is 1. The van der Waals surface area contributed by atoms with Gasteiger partial charge in [-0.15, -0.1) is 24.0 Å². The molecule has 1 rings (SSSR count). The van der Waals surface area contributed by atoms with Crippen LogP contribution in [0.15, 0.2) is 29.3 Å². The van der Waals surface area contributed by atoms with Crippen LogP contribution in [0.5, 0.6) is 0 Å². The van der Waals surface area contributed by atoms with Gasteiger partial charge < -0.3 is 15.5 Å². The second kappa shape index (κ2) is 11.6. The molecule has 0 heterocycles. The van der Waals surface area contributed by atoms with E-state index in [1.165, 1.54) is 0 Å². The third-order valence-corrected chi connectivity index (χ3v) is 3.82. The molecule has 0 spiro atoms. The Balaban J connectivity index is 0.00000576. The number of benzene rings is 1. The summed E-state index contributed by atoms with van der Waals surface area (Å²) in [5.41, 5.74) is 0.562. The zero-order valence-corrected chi connectivity index (χ0v) is 18.8. The number of guanidine groups is 1. The Labute approximate surface area is 173 Å². The zero-order chi connectivity index (χ0) is 18.2. The van der Waals surface area contributed by atoms with E-state index in [1.807, 2.05) is 63.9 Å². The molecule has 0 unspecified atom stereocenters. The molecule has 0 aliphatic carbocycles. The maximum Gasteiger partial charge on any atom is 0.227 e. The Morgan fingerprint density at radius 2 is 1.88 bits per heavy atom. The van der Waals surface area contributed by atoms with Gasteiger partial charge in [0.15, 0.2) is 5.96 Å². The molecule has 0 aromatic heterocycles. The van der Waals surface area contributed by atoms with Crippen molar-refractivity contribution >= 4 is 47.4 Å². The molecular weight excluding hydrogens is 451 g/mol. The van der Waals surface area contributed by atoms with Crippen molar-refractivity contribution in [2.75, 3.05) is 26.7 Å². The standard InChI is InChI=1S/C18H29ClN4O.HI/c1-6-20-16(24)18(3,4)13-22-17(21-7-2)23(5)12-14-9-8-10-15(19)11-14;/h8-11H,6-7,12-13H2,1-5H3,(H,20,24)(H,21,22);1H. The number of aliphatic imine (C=N–C) groups is 1. The predicted molar refractivity (Wildman–Crippen MR) is 117 cm³/mol. The van der Waals surface area contributed by atoms with Crippen LogP contribution < -0.4 is 10.6 Å². The fourth-order valence-electron chi connectivity index (χ4n) is 2.20. The van der Waals surface area contributed by atoms with E-state index in [4.69, 9.17) is 11.6 Å². The van der Waals surface area contributed by atoms with Gasteiger partial charge >= 0.3 is 0 Å². The fourth-order valence-corrected chi connectivity index (χ4v) is 2.41. The first kappa shape index (κ1) is 24.0. The van der Waals surface area contributed by atoms with Crippen LogP contribution in [0.4, 0.5) is 0 Å². The minimum atomic E-state index is -0.548. The SMILES string of the molecule is CCNC(=O)C(C)(C)CN=C(NCC)N(C)Cc1cccc(Cl)c1.I. The van der Waals surface area contributed by atoms with E-state index in [0.717, 1.165) is 23.1 Å². The van der Waals surface area contributed by atoms with Crippen molar-refractivity contribution < 1.29 is 4.79 Å². The molecule has 1 amide bonds. The summed E-state index contributed by atoms with van der Waals surface area (Å²) in [6.45, 7) is 10.2. The normalized spacial score (nSPS) is 11.5. The highest BCUT2D eigenvalue weighted by Crippen LogP contribution is 2.16. The number of nitrogens with one attached hydrogen (secondary N) is 2. The third-order valence-electron chi connectivity index (χ3n) is 3.58. The van der Waals surface area contributed by atoms with Crippen molar-refractivity contribution in [3.05, 3.63) is 34.9 Å². The van der Waals surface area contributed by atoms with Crippen LogP contribution in [-0.4, -0.2) is 43.4 Å². The molecule has 1 aromatic carbocycles. The second-order valence-electron chi connectivity index (χ2n) is 6.40. The molecule has 7 heteroatoms. The maximum absolute atomic E-state index is 12.1. The fraction of sp³-hybridized carbons (Fsp3) is 0.556. The number of nitrogens with zero attached hydrogens (tertiary/aromatic N) is 2. The molecule has 0 radical (unpaired) electrons. The molecule has 142 valence electrons. The van der Waals surface area contributed by atoms with E-state index in [1.54, 1.807) is 0 Å². The molecule has 1 aromatic rings. The molecule has 0 fully saturated rings. The lowest BCUT2D eigenvalue weighted by Crippen LogP contribution is -2.42. The molecule has 0 aliphatic rings. The van der Waals surface area contributed by atoms with E-state index in [0.29, 0.717) is 19.6 Å². The largest absolute Gasteiger partial charge is 0.357 e. The molecule has 0 aliphatic heterocycles. The highest BCUT2D eigenvalue weighted by Gasteiger charge is 2.27. The summed E-state index contributed by atoms with van der Waals surface area (Å²) in [6.07, 6.45) is 0. The summed E-state index contributed by atoms with van der Waals surface area (Å²) < 4.78 is 0. The molecule has 0 saturated heterocycles. The summed E-state index contributed by atoms with van der Waals surface area (Å²) in [7, 11) is 1.97. The number of halogens is 2. The van der Waals surface area contributed by atoms with Gasteiger partial charge in [-0.3, -0.25) is 9.79 Å². The van der Waals surface area contributed by atoms with Crippen LogP contribution in [0.2, 0.25) is 5.02 Å². The average molecular weight is 481 g/mol. The van der Waals surface area contributed by atoms with Crippen LogP contribution in [0.25, 0.3) is 0 Å². The van der Waals surface area contributed by atoms with Crippen molar-refractivity contribution in [3.63, 3.8) is 0 Å². The molecule has 0 atom stereocenters. The van der Waals surface area contributed by atoms with Crippen LogP contribution in [0, 0.1) is 5.41 Å². The van der Waals surface area contributed by atoms with Gasteiger partial charge in [-0.25, -0.2) is 0 Å². The number of hydrogen-bond donors (Lipinski definition) is 2. The average Bonchev–Trinajstić information content (AvgIpc) is 2.51. The van der Waals surface area contributed by atoms with Gasteiger partial charge in [0.2, 0.25) is 5.91 Å². The number of amides is 1. The highest BCUT2D eigenvalue weighted by atomic mass is 127. The van der Waals surface area contributed by atoms with E-state index in [-0.39, 0.29) is 29.9 Å². The van der Waals surface area contributed by atoms with E-state index < -0.39 is 5.41 Å². The summed E-state index contributed by atoms with van der Waals surface area (Å²) in [4.78, 5) is 18.8. The number of carbonyl (C=O) groups excluding carboxylic acids is 1. The lowest BCUT2D eigenvalue weighted by Gasteiger charge is -2.25. The minimum absolute atomic E-state index is 0. The van der Waals surface area contributed by atoms with Gasteiger partial charge in [-0.2, -0.15) is 0 Å². The molecule has 25 heavy (non-hydrogen) atoms. The van der Waals surface area contributed by atoms with Crippen molar-refractivity contribution in [1.29, 1.82) is 0 Å². The van der Waals surface area contributed by atoms with Crippen molar-refractivity contribution in [2.45, 2.75) is 34.2 Å². The molecule has 0 bridgehead atoms. The highest BCUT2D eigenvalue weighted by molar-refractivity contribution is 14.0. The Bertz CT molecular complexity index is 578. The van der Waals surface area contributed by atoms with Gasteiger partial charge in [0.25, 0.3) is 0 Å². The van der Waals surface area contributed by atoms with Gasteiger partial charge in [0, 0.05) is 31.7 Å². The van der Waals surface area contributed by atoms with Crippen molar-refractivity contribution in [1.82, 2.24) is 15.5 Å². The van der Waals surface area contributed by atoms with Crippen LogP contribution in [0.1, 0.15) is 33.3 Å². The minimum Gasteiger partial charge on any atom is -0.357 e. The van der Waals surface area contributed by atoms with Gasteiger partial charge in [-0.05, 0) is 45.4 Å². The lowest BCUT2D eigenvalue weighted by molar-refractivity contribution is -0.128. The summed E-state index contributed by atoms with van der Waals surface area (Å²) in [5.74, 6) is 0.789. The Hall–Kier alpha value is -1.02. The smallest absolute Gasteiger partial charge is 0.227 e. The number of rotatable bonds is 7. The van der Waals surface area contributed by atoms with Crippen LogP contribution in [0.3, 0.4) is 0 Å². The van der Waals surface area contributed by atoms with Crippen molar-refractivity contribution in [2.24, 2.45) is 10.4 Å². The predicted octanol–water partition coefficient (Wildman–Crippen LogP) is 3.52. The first-order valence-corrected chi connectivity index (χ1v) is 8.70. The lowest BCUT2D eigenvalue weighted by atomic mass is 9.92. The molecular formula is C18H30ClIN4O. The maximum atomic E-state index is 12.1. The third kappa shape index (κ3) is 8.27.